The summed E-state index contributed by atoms with van der Waals surface area (Å²) in [6.45, 7) is 0. The van der Waals surface area contributed by atoms with Crippen LogP contribution >= 0.6 is 34.9 Å². The van der Waals surface area contributed by atoms with Crippen LogP contribution in [0.3, 0.4) is 0 Å². The second kappa shape index (κ2) is 6.94. The first-order chi connectivity index (χ1) is 11.7. The summed E-state index contributed by atoms with van der Waals surface area (Å²) >= 11 is 3.45. The molecule has 0 spiro atoms. The fourth-order valence-electron chi connectivity index (χ4n) is 2.03. The van der Waals surface area contributed by atoms with Gasteiger partial charge in [-0.2, -0.15) is 0 Å². The number of aromatic nitrogens is 1. The van der Waals surface area contributed by atoms with Crippen molar-refractivity contribution in [1.29, 1.82) is 5.41 Å². The highest BCUT2D eigenvalue weighted by Gasteiger charge is 2.24. The van der Waals surface area contributed by atoms with Crippen molar-refractivity contribution in [2.24, 2.45) is 0 Å². The molecule has 0 saturated carbocycles. The van der Waals surface area contributed by atoms with E-state index in [2.05, 4.69) is 4.98 Å². The van der Waals surface area contributed by atoms with Gasteiger partial charge in [-0.05, 0) is 30.0 Å². The van der Waals surface area contributed by atoms with E-state index >= 15 is 0 Å². The SMILES string of the molecule is CN(c1cccc(-c2nc(/C=C3\SC(=N)SC3=O)cs2)c1)S(C)(=O)=O. The fourth-order valence-corrected chi connectivity index (χ4v) is 5.01. The van der Waals surface area contributed by atoms with E-state index in [0.29, 0.717) is 16.3 Å². The van der Waals surface area contributed by atoms with Gasteiger partial charge in [0.05, 0.1) is 22.5 Å². The van der Waals surface area contributed by atoms with Crippen LogP contribution in [0.2, 0.25) is 0 Å². The van der Waals surface area contributed by atoms with Crippen LogP contribution < -0.4 is 4.31 Å². The van der Waals surface area contributed by atoms with Crippen molar-refractivity contribution in [3.8, 4) is 10.6 Å². The molecule has 1 aromatic heterocycles. The summed E-state index contributed by atoms with van der Waals surface area (Å²) in [5.41, 5.74) is 2.00. The average molecular weight is 412 g/mol. The predicted octanol–water partition coefficient (Wildman–Crippen LogP) is 3.49. The van der Waals surface area contributed by atoms with Gasteiger partial charge in [0, 0.05) is 18.0 Å². The summed E-state index contributed by atoms with van der Waals surface area (Å²) in [5, 5.41) is 9.94. The van der Waals surface area contributed by atoms with Crippen LogP contribution in [0.25, 0.3) is 16.6 Å². The summed E-state index contributed by atoms with van der Waals surface area (Å²) < 4.78 is 24.9. The number of thiazole rings is 1. The number of thioether (sulfide) groups is 2. The Bertz CT molecular complexity index is 995. The lowest BCUT2D eigenvalue weighted by atomic mass is 10.2. The van der Waals surface area contributed by atoms with Gasteiger partial charge in [0.2, 0.25) is 15.1 Å². The number of anilines is 1. The average Bonchev–Trinajstić information content (AvgIpc) is 3.13. The quantitative estimate of drug-likeness (QED) is 0.775. The molecular formula is C15H13N3O3S4. The van der Waals surface area contributed by atoms with Gasteiger partial charge < -0.3 is 0 Å². The van der Waals surface area contributed by atoms with E-state index < -0.39 is 10.0 Å². The monoisotopic (exact) mass is 411 g/mol. The molecule has 1 N–H and O–H groups in total. The van der Waals surface area contributed by atoms with Gasteiger partial charge in [0.15, 0.2) is 0 Å². The normalized spacial score (nSPS) is 16.6. The number of nitrogens with zero attached hydrogens (tertiary/aromatic N) is 2. The van der Waals surface area contributed by atoms with Crippen molar-refractivity contribution in [3.63, 3.8) is 0 Å². The van der Waals surface area contributed by atoms with Gasteiger partial charge in [0.25, 0.3) is 0 Å². The minimum absolute atomic E-state index is 0.138. The highest BCUT2D eigenvalue weighted by molar-refractivity contribution is 8.51. The van der Waals surface area contributed by atoms with E-state index in [1.807, 2.05) is 11.4 Å². The molecular weight excluding hydrogens is 398 g/mol. The zero-order valence-corrected chi connectivity index (χ0v) is 16.5. The molecule has 1 aliphatic heterocycles. The van der Waals surface area contributed by atoms with E-state index in [0.717, 1.165) is 40.4 Å². The number of carbonyl (C=O) groups excluding carboxylic acids is 1. The molecule has 0 bridgehead atoms. The zero-order valence-electron chi connectivity index (χ0n) is 13.2. The maximum absolute atomic E-state index is 11.7. The van der Waals surface area contributed by atoms with Crippen molar-refractivity contribution in [3.05, 3.63) is 40.2 Å². The Morgan fingerprint density at radius 3 is 2.68 bits per heavy atom. The van der Waals surface area contributed by atoms with Crippen LogP contribution in [0.1, 0.15) is 5.69 Å². The lowest BCUT2D eigenvalue weighted by Crippen LogP contribution is -2.24. The second-order valence-corrected chi connectivity index (χ2v) is 10.3. The maximum Gasteiger partial charge on any atom is 0.232 e. The van der Waals surface area contributed by atoms with Crippen molar-refractivity contribution in [2.45, 2.75) is 0 Å². The van der Waals surface area contributed by atoms with Crippen molar-refractivity contribution >= 4 is 66.1 Å². The van der Waals surface area contributed by atoms with Crippen LogP contribution in [0.15, 0.2) is 34.6 Å². The molecule has 2 heterocycles. The van der Waals surface area contributed by atoms with Gasteiger partial charge in [0.1, 0.15) is 9.38 Å². The predicted molar refractivity (Wildman–Crippen MR) is 107 cm³/mol. The molecule has 0 atom stereocenters. The van der Waals surface area contributed by atoms with E-state index in [1.54, 1.807) is 24.3 Å². The third-order valence-corrected chi connectivity index (χ3v) is 7.39. The lowest BCUT2D eigenvalue weighted by Gasteiger charge is -2.16. The molecule has 130 valence electrons. The molecule has 0 unspecified atom stereocenters. The number of hydrogen-bond donors (Lipinski definition) is 1. The largest absolute Gasteiger partial charge is 0.287 e. The molecule has 0 amide bonds. The van der Waals surface area contributed by atoms with E-state index in [1.165, 1.54) is 22.7 Å². The molecule has 10 heteroatoms. The summed E-state index contributed by atoms with van der Waals surface area (Å²) in [6.07, 6.45) is 2.83. The Morgan fingerprint density at radius 2 is 2.04 bits per heavy atom. The van der Waals surface area contributed by atoms with E-state index in [9.17, 15) is 13.2 Å². The van der Waals surface area contributed by atoms with Crippen LogP contribution in [-0.4, -0.2) is 36.2 Å². The summed E-state index contributed by atoms with van der Waals surface area (Å²) in [7, 11) is -1.83. The standard InChI is InChI=1S/C15H13N3O3S4/c1-18(25(2,20)21)11-5-3-4-9(6-11)13-17-10(8-22-13)7-12-14(19)24-15(16)23-12/h3-8,16H,1-2H3/b12-7-,16-15?. The van der Waals surface area contributed by atoms with Crippen LogP contribution in [0.5, 0.6) is 0 Å². The number of nitrogens with one attached hydrogen (secondary N) is 1. The smallest absolute Gasteiger partial charge is 0.232 e. The van der Waals surface area contributed by atoms with Crippen LogP contribution in [0.4, 0.5) is 5.69 Å². The summed E-state index contributed by atoms with van der Waals surface area (Å²) in [4.78, 5) is 16.7. The van der Waals surface area contributed by atoms with E-state index in [-0.39, 0.29) is 9.49 Å². The number of carbonyl (C=O) groups is 1. The molecule has 25 heavy (non-hydrogen) atoms. The van der Waals surface area contributed by atoms with E-state index in [4.69, 9.17) is 5.41 Å². The first-order valence-corrected chi connectivity index (χ1v) is 11.3. The Kier molecular flexibility index (Phi) is 5.05. The molecule has 3 rings (SSSR count). The lowest BCUT2D eigenvalue weighted by molar-refractivity contribution is -0.107. The first-order valence-electron chi connectivity index (χ1n) is 6.94. The molecule has 6 nitrogen and oxygen atoms in total. The van der Waals surface area contributed by atoms with Crippen molar-refractivity contribution < 1.29 is 13.2 Å². The molecule has 0 radical (unpaired) electrons. The Labute approximate surface area is 157 Å². The second-order valence-electron chi connectivity index (χ2n) is 5.15. The highest BCUT2D eigenvalue weighted by atomic mass is 32.2. The molecule has 1 saturated heterocycles. The van der Waals surface area contributed by atoms with Crippen molar-refractivity contribution in [2.75, 3.05) is 17.6 Å². The molecule has 0 aliphatic carbocycles. The van der Waals surface area contributed by atoms with Crippen LogP contribution in [0, 0.1) is 5.41 Å². The van der Waals surface area contributed by atoms with Crippen molar-refractivity contribution in [1.82, 2.24) is 4.98 Å². The van der Waals surface area contributed by atoms with Gasteiger partial charge in [-0.25, -0.2) is 13.4 Å². The number of rotatable bonds is 4. The summed E-state index contributed by atoms with van der Waals surface area (Å²) in [5.74, 6) is 0. The topological polar surface area (TPSA) is 91.2 Å². The van der Waals surface area contributed by atoms with Crippen LogP contribution in [-0.2, 0) is 14.8 Å². The Balaban J connectivity index is 1.89. The minimum Gasteiger partial charge on any atom is -0.287 e. The molecule has 1 aromatic carbocycles. The maximum atomic E-state index is 11.7. The number of hydrogen-bond acceptors (Lipinski definition) is 8. The Hall–Kier alpha value is -1.62. The highest BCUT2D eigenvalue weighted by Crippen LogP contribution is 2.38. The number of benzene rings is 1. The van der Waals surface area contributed by atoms with Gasteiger partial charge in [-0.15, -0.1) is 11.3 Å². The number of sulfonamides is 1. The molecule has 1 aliphatic rings. The molecule has 1 fully saturated rings. The minimum atomic E-state index is -3.33. The summed E-state index contributed by atoms with van der Waals surface area (Å²) in [6, 6.07) is 7.12. The third-order valence-electron chi connectivity index (χ3n) is 3.34. The Morgan fingerprint density at radius 1 is 1.28 bits per heavy atom. The third kappa shape index (κ3) is 4.14. The fraction of sp³-hybridized carbons (Fsp3) is 0.133. The first kappa shape index (κ1) is 18.2. The van der Waals surface area contributed by atoms with Gasteiger partial charge >= 0.3 is 0 Å². The zero-order chi connectivity index (χ0) is 18.2. The molecule has 2 aromatic rings. The van der Waals surface area contributed by atoms with Gasteiger partial charge in [-0.3, -0.25) is 14.5 Å². The van der Waals surface area contributed by atoms with Gasteiger partial charge in [-0.1, -0.05) is 23.9 Å².